The average Bonchev–Trinajstić information content (AvgIpc) is 3.27. The van der Waals surface area contributed by atoms with Gasteiger partial charge in [0.2, 0.25) is 27.6 Å². The number of rotatable bonds is 7. The summed E-state index contributed by atoms with van der Waals surface area (Å²) in [5.41, 5.74) is 0. The fraction of sp³-hybridized carbons (Fsp3) is 0.588. The van der Waals surface area contributed by atoms with Gasteiger partial charge in [0.25, 0.3) is 0 Å². The molecule has 1 fully saturated rings. The molecule has 2 aromatic rings. The Morgan fingerprint density at radius 2 is 2.07 bits per heavy atom. The smallest absolute Gasteiger partial charge is 0.242 e. The molecular formula is C17H24N4O4S2. The summed E-state index contributed by atoms with van der Waals surface area (Å²) in [4.78, 5) is 17.7. The lowest BCUT2D eigenvalue weighted by Crippen LogP contribution is -2.42. The number of thiophene rings is 1. The molecule has 3 rings (SSSR count). The predicted molar refractivity (Wildman–Crippen MR) is 102 cm³/mol. The maximum Gasteiger partial charge on any atom is 0.242 e. The number of hydrogen-bond donors (Lipinski definition) is 2. The van der Waals surface area contributed by atoms with Crippen molar-refractivity contribution < 1.29 is 17.7 Å². The maximum absolute atomic E-state index is 12.6. The van der Waals surface area contributed by atoms with Crippen molar-refractivity contribution in [2.75, 3.05) is 6.54 Å². The quantitative estimate of drug-likeness (QED) is 0.722. The average molecular weight is 413 g/mol. The molecule has 2 aromatic heterocycles. The van der Waals surface area contributed by atoms with E-state index in [2.05, 4.69) is 20.2 Å². The van der Waals surface area contributed by atoms with E-state index in [9.17, 15) is 13.2 Å². The predicted octanol–water partition coefficient (Wildman–Crippen LogP) is 2.40. The van der Waals surface area contributed by atoms with Crippen LogP contribution in [0.15, 0.2) is 15.5 Å². The Labute approximate surface area is 162 Å². The topological polar surface area (TPSA) is 114 Å². The van der Waals surface area contributed by atoms with Gasteiger partial charge in [-0.2, -0.15) is 4.98 Å². The summed E-state index contributed by atoms with van der Waals surface area (Å²) >= 11 is 1.28. The first-order valence-corrected chi connectivity index (χ1v) is 11.4. The number of aryl methyl sites for hydroxylation is 2. The zero-order valence-electron chi connectivity index (χ0n) is 15.4. The molecule has 0 spiro atoms. The maximum atomic E-state index is 12.6. The van der Waals surface area contributed by atoms with Crippen LogP contribution in [0, 0.1) is 6.92 Å². The monoisotopic (exact) mass is 412 g/mol. The van der Waals surface area contributed by atoms with Crippen molar-refractivity contribution in [1.29, 1.82) is 0 Å². The molecule has 1 amide bonds. The molecule has 1 saturated carbocycles. The normalized spacial score (nSPS) is 15.8. The molecule has 1 aliphatic carbocycles. The molecule has 0 aromatic carbocycles. The minimum Gasteiger partial charge on any atom is -0.352 e. The van der Waals surface area contributed by atoms with Crippen molar-refractivity contribution in [3.63, 3.8) is 0 Å². The molecule has 0 saturated heterocycles. The Kier molecular flexibility index (Phi) is 6.28. The summed E-state index contributed by atoms with van der Waals surface area (Å²) in [5, 5.41) is 6.78. The van der Waals surface area contributed by atoms with Crippen molar-refractivity contribution in [3.05, 3.63) is 16.8 Å². The van der Waals surface area contributed by atoms with Gasteiger partial charge in [-0.1, -0.05) is 31.3 Å². The van der Waals surface area contributed by atoms with Gasteiger partial charge in [-0.15, -0.1) is 11.3 Å². The SMILES string of the molecule is CCc1nc(-c2cc(S(=O)(=O)NCC(=O)NC3CCCCC3)c(C)s2)no1. The highest BCUT2D eigenvalue weighted by Gasteiger charge is 2.23. The van der Waals surface area contributed by atoms with Crippen molar-refractivity contribution in [2.24, 2.45) is 0 Å². The van der Waals surface area contributed by atoms with Gasteiger partial charge in [-0.3, -0.25) is 4.79 Å². The molecule has 0 bridgehead atoms. The standard InChI is InChI=1S/C17H24N4O4S2/c1-3-16-20-17(21-25-16)13-9-14(11(2)26-13)27(23,24)18-10-15(22)19-12-7-5-4-6-8-12/h9,12,18H,3-8,10H2,1-2H3,(H,19,22). The summed E-state index contributed by atoms with van der Waals surface area (Å²) in [5.74, 6) is 0.568. The molecule has 10 heteroatoms. The second-order valence-corrected chi connectivity index (χ2v) is 9.62. The van der Waals surface area contributed by atoms with Crippen LogP contribution in [0.4, 0.5) is 0 Å². The van der Waals surface area contributed by atoms with Crippen LogP contribution in [0.3, 0.4) is 0 Å². The van der Waals surface area contributed by atoms with Crippen LogP contribution < -0.4 is 10.0 Å². The van der Waals surface area contributed by atoms with Gasteiger partial charge in [0.15, 0.2) is 0 Å². The van der Waals surface area contributed by atoms with Gasteiger partial charge in [-0.25, -0.2) is 13.1 Å². The van der Waals surface area contributed by atoms with Gasteiger partial charge >= 0.3 is 0 Å². The van der Waals surface area contributed by atoms with E-state index in [0.29, 0.717) is 27.9 Å². The Morgan fingerprint density at radius 3 is 2.74 bits per heavy atom. The highest BCUT2D eigenvalue weighted by atomic mass is 32.2. The first-order chi connectivity index (χ1) is 12.9. The van der Waals surface area contributed by atoms with Gasteiger partial charge in [0.05, 0.1) is 16.3 Å². The first kappa shape index (κ1) is 20.0. The van der Waals surface area contributed by atoms with Crippen molar-refractivity contribution >= 4 is 27.3 Å². The summed E-state index contributed by atoms with van der Waals surface area (Å²) in [7, 11) is -3.80. The Morgan fingerprint density at radius 1 is 1.33 bits per heavy atom. The molecule has 0 aliphatic heterocycles. The minimum atomic E-state index is -3.80. The highest BCUT2D eigenvalue weighted by Crippen LogP contribution is 2.32. The molecule has 2 heterocycles. The van der Waals surface area contributed by atoms with E-state index < -0.39 is 10.0 Å². The second-order valence-electron chi connectivity index (χ2n) is 6.62. The number of carbonyl (C=O) groups is 1. The summed E-state index contributed by atoms with van der Waals surface area (Å²) < 4.78 is 32.7. The lowest BCUT2D eigenvalue weighted by molar-refractivity contribution is -0.120. The molecule has 0 radical (unpaired) electrons. The van der Waals surface area contributed by atoms with Crippen LogP contribution in [0.5, 0.6) is 0 Å². The number of nitrogens with one attached hydrogen (secondary N) is 2. The summed E-state index contributed by atoms with van der Waals surface area (Å²) in [6.45, 7) is 3.34. The Bertz CT molecular complexity index is 898. The highest BCUT2D eigenvalue weighted by molar-refractivity contribution is 7.89. The third-order valence-electron chi connectivity index (χ3n) is 4.55. The molecular weight excluding hydrogens is 388 g/mol. The second kappa shape index (κ2) is 8.49. The molecule has 0 unspecified atom stereocenters. The van der Waals surface area contributed by atoms with Crippen LogP contribution in [0.1, 0.15) is 49.8 Å². The van der Waals surface area contributed by atoms with E-state index in [1.807, 2.05) is 6.92 Å². The Balaban J connectivity index is 1.64. The Hall–Kier alpha value is -1.78. The van der Waals surface area contributed by atoms with Crippen LogP contribution in [0.25, 0.3) is 10.7 Å². The van der Waals surface area contributed by atoms with E-state index in [-0.39, 0.29) is 23.4 Å². The number of hydrogen-bond acceptors (Lipinski definition) is 7. The summed E-state index contributed by atoms with van der Waals surface area (Å²) in [6.07, 6.45) is 5.91. The molecule has 1 aliphatic rings. The van der Waals surface area contributed by atoms with E-state index in [1.54, 1.807) is 6.92 Å². The van der Waals surface area contributed by atoms with E-state index >= 15 is 0 Å². The number of sulfonamides is 1. The first-order valence-electron chi connectivity index (χ1n) is 9.11. The van der Waals surface area contributed by atoms with E-state index in [0.717, 1.165) is 25.7 Å². The molecule has 2 N–H and O–H groups in total. The number of nitrogens with zero attached hydrogens (tertiary/aromatic N) is 2. The van der Waals surface area contributed by atoms with Gasteiger partial charge in [-0.05, 0) is 25.8 Å². The largest absolute Gasteiger partial charge is 0.352 e. The fourth-order valence-corrected chi connectivity index (χ4v) is 5.60. The van der Waals surface area contributed by atoms with Gasteiger partial charge < -0.3 is 9.84 Å². The minimum absolute atomic E-state index is 0.135. The third-order valence-corrected chi connectivity index (χ3v) is 7.25. The van der Waals surface area contributed by atoms with E-state index in [1.165, 1.54) is 23.8 Å². The molecule has 8 nitrogen and oxygen atoms in total. The van der Waals surface area contributed by atoms with Gasteiger partial charge in [0, 0.05) is 17.3 Å². The van der Waals surface area contributed by atoms with E-state index in [4.69, 9.17) is 4.52 Å². The van der Waals surface area contributed by atoms with Crippen LogP contribution >= 0.6 is 11.3 Å². The lowest BCUT2D eigenvalue weighted by atomic mass is 9.95. The van der Waals surface area contributed by atoms with Crippen molar-refractivity contribution in [2.45, 2.75) is 63.3 Å². The van der Waals surface area contributed by atoms with Crippen LogP contribution in [0.2, 0.25) is 0 Å². The zero-order chi connectivity index (χ0) is 19.4. The lowest BCUT2D eigenvalue weighted by Gasteiger charge is -2.22. The molecule has 0 atom stereocenters. The number of amides is 1. The molecule has 27 heavy (non-hydrogen) atoms. The fourth-order valence-electron chi connectivity index (χ4n) is 3.10. The van der Waals surface area contributed by atoms with Crippen molar-refractivity contribution in [1.82, 2.24) is 20.2 Å². The van der Waals surface area contributed by atoms with Crippen LogP contribution in [-0.2, 0) is 21.2 Å². The third kappa shape index (κ3) is 4.94. The molecule has 148 valence electrons. The summed E-state index contributed by atoms with van der Waals surface area (Å²) in [6, 6.07) is 1.67. The number of carbonyl (C=O) groups excluding carboxylic acids is 1. The van der Waals surface area contributed by atoms with Gasteiger partial charge in [0.1, 0.15) is 0 Å². The van der Waals surface area contributed by atoms with Crippen LogP contribution in [-0.4, -0.2) is 37.1 Å². The number of aromatic nitrogens is 2. The zero-order valence-corrected chi connectivity index (χ0v) is 17.1. The van der Waals surface area contributed by atoms with Crippen molar-refractivity contribution in [3.8, 4) is 10.7 Å².